The first kappa shape index (κ1) is 17.2. The first-order valence-corrected chi connectivity index (χ1v) is 10.3. The second-order valence-corrected chi connectivity index (χ2v) is 7.82. The molecular formula is C24H21BN4O. The molecule has 2 aromatic carbocycles. The lowest BCUT2D eigenvalue weighted by molar-refractivity contribution is 0.484. The van der Waals surface area contributed by atoms with E-state index < -0.39 is 0 Å². The van der Waals surface area contributed by atoms with Crippen molar-refractivity contribution in [3.8, 4) is 0 Å². The number of para-hydroxylation sites is 2. The SMILES string of the molecule is CB1C=c2c(oc3ccccc23)=CN1N1c2cccnc2N(c2ccccc2)[C@@H]1C. The smallest absolute Gasteiger partial charge is 0.304 e. The molecule has 0 bridgehead atoms. The van der Waals surface area contributed by atoms with Gasteiger partial charge in [-0.2, -0.15) is 0 Å². The van der Waals surface area contributed by atoms with E-state index in [4.69, 9.17) is 9.40 Å². The van der Waals surface area contributed by atoms with Crippen LogP contribution in [0.5, 0.6) is 0 Å². The predicted molar refractivity (Wildman–Crippen MR) is 123 cm³/mol. The number of pyridine rings is 1. The molecule has 2 aliphatic rings. The Morgan fingerprint density at radius 1 is 0.967 bits per heavy atom. The Bertz CT molecular complexity index is 1370. The van der Waals surface area contributed by atoms with Gasteiger partial charge in [-0.25, -0.2) is 4.98 Å². The number of furan rings is 1. The first-order valence-electron chi connectivity index (χ1n) is 10.3. The number of hydrazine groups is 1. The molecule has 0 amide bonds. The number of anilines is 3. The monoisotopic (exact) mass is 392 g/mol. The molecule has 0 spiro atoms. The van der Waals surface area contributed by atoms with Gasteiger partial charge in [0.05, 0.1) is 6.20 Å². The molecule has 2 aromatic heterocycles. The third-order valence-corrected chi connectivity index (χ3v) is 5.99. The van der Waals surface area contributed by atoms with Gasteiger partial charge in [0.15, 0.2) is 11.2 Å². The molecule has 30 heavy (non-hydrogen) atoms. The van der Waals surface area contributed by atoms with Gasteiger partial charge in [0, 0.05) is 22.5 Å². The Morgan fingerprint density at radius 3 is 2.63 bits per heavy atom. The lowest BCUT2D eigenvalue weighted by Gasteiger charge is -2.40. The van der Waals surface area contributed by atoms with Crippen molar-refractivity contribution in [1.29, 1.82) is 0 Å². The van der Waals surface area contributed by atoms with Crippen molar-refractivity contribution in [2.45, 2.75) is 19.9 Å². The van der Waals surface area contributed by atoms with Crippen LogP contribution >= 0.6 is 0 Å². The van der Waals surface area contributed by atoms with Crippen LogP contribution in [0.15, 0.2) is 77.3 Å². The van der Waals surface area contributed by atoms with E-state index in [1.807, 2.05) is 30.5 Å². The number of rotatable bonds is 2. The van der Waals surface area contributed by atoms with Gasteiger partial charge in [-0.3, -0.25) is 5.01 Å². The van der Waals surface area contributed by atoms with Crippen molar-refractivity contribution >= 4 is 47.2 Å². The number of hydrogen-bond acceptors (Lipinski definition) is 5. The van der Waals surface area contributed by atoms with E-state index >= 15 is 0 Å². The van der Waals surface area contributed by atoms with Gasteiger partial charge >= 0.3 is 6.85 Å². The maximum absolute atomic E-state index is 6.18. The molecule has 4 aromatic rings. The summed E-state index contributed by atoms with van der Waals surface area (Å²) < 4.78 is 6.18. The van der Waals surface area contributed by atoms with Crippen LogP contribution in [-0.4, -0.2) is 22.9 Å². The van der Waals surface area contributed by atoms with Gasteiger partial charge in [-0.1, -0.05) is 49.2 Å². The van der Waals surface area contributed by atoms with E-state index in [-0.39, 0.29) is 13.0 Å². The second-order valence-electron chi connectivity index (χ2n) is 7.82. The summed E-state index contributed by atoms with van der Waals surface area (Å²) in [5.74, 6) is 3.25. The molecule has 0 fully saturated rings. The molecule has 1 atom stereocenters. The molecular weight excluding hydrogens is 371 g/mol. The number of benzene rings is 2. The summed E-state index contributed by atoms with van der Waals surface area (Å²) in [6.07, 6.45) is 4.05. The maximum Gasteiger partial charge on any atom is 0.304 e. The Balaban J connectivity index is 1.51. The normalized spacial score (nSPS) is 17.6. The van der Waals surface area contributed by atoms with Gasteiger partial charge in [-0.05, 0) is 37.3 Å². The van der Waals surface area contributed by atoms with Crippen molar-refractivity contribution in [2.75, 3.05) is 9.91 Å². The van der Waals surface area contributed by atoms with Crippen molar-refractivity contribution in [1.82, 2.24) is 9.90 Å². The molecule has 146 valence electrons. The molecule has 4 heterocycles. The highest BCUT2D eigenvalue weighted by Gasteiger charge is 2.39. The van der Waals surface area contributed by atoms with Gasteiger partial charge in [0.2, 0.25) is 0 Å². The van der Waals surface area contributed by atoms with Gasteiger partial charge in [0.25, 0.3) is 0 Å². The van der Waals surface area contributed by atoms with Crippen molar-refractivity contribution in [3.05, 3.63) is 83.6 Å². The summed E-state index contributed by atoms with van der Waals surface area (Å²) in [4.78, 5) is 9.27. The summed E-state index contributed by atoms with van der Waals surface area (Å²) in [6, 6.07) is 22.8. The molecule has 5 nitrogen and oxygen atoms in total. The van der Waals surface area contributed by atoms with Crippen LogP contribution in [0.4, 0.5) is 17.2 Å². The minimum absolute atomic E-state index is 0.0651. The minimum atomic E-state index is 0.0651. The Hall–Kier alpha value is -3.67. The fourth-order valence-corrected chi connectivity index (χ4v) is 4.65. The molecule has 0 saturated carbocycles. The fraction of sp³-hybridized carbons (Fsp3) is 0.125. The molecule has 6 rings (SSSR count). The van der Waals surface area contributed by atoms with Gasteiger partial charge in [-0.15, -0.1) is 0 Å². The third kappa shape index (κ3) is 2.40. The van der Waals surface area contributed by atoms with Crippen LogP contribution in [-0.2, 0) is 0 Å². The van der Waals surface area contributed by atoms with E-state index in [0.717, 1.165) is 33.6 Å². The van der Waals surface area contributed by atoms with E-state index in [0.29, 0.717) is 0 Å². The van der Waals surface area contributed by atoms with Crippen LogP contribution in [0.3, 0.4) is 0 Å². The average molecular weight is 392 g/mol. The summed E-state index contributed by atoms with van der Waals surface area (Å²) in [5, 5.41) is 4.65. The van der Waals surface area contributed by atoms with Crippen molar-refractivity contribution in [3.63, 3.8) is 0 Å². The minimum Gasteiger partial charge on any atom is -0.455 e. The quantitative estimate of drug-likeness (QED) is 0.486. The van der Waals surface area contributed by atoms with E-state index in [1.165, 1.54) is 5.22 Å². The van der Waals surface area contributed by atoms with E-state index in [9.17, 15) is 0 Å². The van der Waals surface area contributed by atoms with E-state index in [1.54, 1.807) is 0 Å². The molecule has 0 aliphatic carbocycles. The van der Waals surface area contributed by atoms with Crippen molar-refractivity contribution < 1.29 is 4.42 Å². The van der Waals surface area contributed by atoms with Crippen LogP contribution < -0.4 is 20.5 Å². The Kier molecular flexibility index (Phi) is 3.69. The topological polar surface area (TPSA) is 35.8 Å². The average Bonchev–Trinajstić information content (AvgIpc) is 3.28. The van der Waals surface area contributed by atoms with Crippen LogP contribution in [0.1, 0.15) is 6.92 Å². The second kappa shape index (κ2) is 6.42. The van der Waals surface area contributed by atoms with Crippen LogP contribution in [0, 0.1) is 0 Å². The summed E-state index contributed by atoms with van der Waals surface area (Å²) >= 11 is 0. The number of fused-ring (bicyclic) bond motifs is 4. The number of hydrogen-bond donors (Lipinski definition) is 0. The number of nitrogens with zero attached hydrogens (tertiary/aromatic N) is 4. The predicted octanol–water partition coefficient (Wildman–Crippen LogP) is 3.74. The third-order valence-electron chi connectivity index (χ3n) is 5.99. The van der Waals surface area contributed by atoms with E-state index in [2.05, 4.69) is 83.2 Å². The van der Waals surface area contributed by atoms with Crippen molar-refractivity contribution in [2.24, 2.45) is 0 Å². The summed E-state index contributed by atoms with van der Waals surface area (Å²) in [5.41, 5.74) is 4.03. The molecule has 0 unspecified atom stereocenters. The largest absolute Gasteiger partial charge is 0.455 e. The molecule has 0 saturated heterocycles. The zero-order valence-corrected chi connectivity index (χ0v) is 16.9. The zero-order valence-electron chi connectivity index (χ0n) is 16.9. The lowest BCUT2D eigenvalue weighted by Crippen LogP contribution is -2.55. The number of aromatic nitrogens is 1. The molecule has 0 N–H and O–H groups in total. The standard InChI is InChI=1S/C24H21BN4O/c1-17-28(18-9-4-3-5-10-18)24-21(12-8-14-26-24)29(17)27-16-23-20(15-25(27)2)19-11-6-7-13-22(19)30-23/h3-17H,1-2H3/t17-/m0/s1. The Morgan fingerprint density at radius 2 is 1.77 bits per heavy atom. The van der Waals surface area contributed by atoms with Crippen LogP contribution in [0.25, 0.3) is 23.1 Å². The first-order chi connectivity index (χ1) is 14.7. The molecule has 6 heteroatoms. The highest BCUT2D eigenvalue weighted by atomic mass is 16.3. The highest BCUT2D eigenvalue weighted by molar-refractivity contribution is 6.70. The summed E-state index contributed by atoms with van der Waals surface area (Å²) in [6.45, 7) is 4.60. The summed E-state index contributed by atoms with van der Waals surface area (Å²) in [7, 11) is 0. The molecule has 2 aliphatic heterocycles. The molecule has 0 radical (unpaired) electrons. The van der Waals surface area contributed by atoms with Crippen LogP contribution in [0.2, 0.25) is 6.82 Å². The van der Waals surface area contributed by atoms with Gasteiger partial charge < -0.3 is 14.2 Å². The lowest BCUT2D eigenvalue weighted by atomic mass is 9.63. The highest BCUT2D eigenvalue weighted by Crippen LogP contribution is 2.43. The fourth-order valence-electron chi connectivity index (χ4n) is 4.65. The Labute approximate surface area is 175 Å². The maximum atomic E-state index is 6.18. The van der Waals surface area contributed by atoms with Gasteiger partial charge in [0.1, 0.15) is 17.4 Å². The zero-order chi connectivity index (χ0) is 20.2.